The van der Waals surface area contributed by atoms with E-state index in [0.717, 1.165) is 6.07 Å². The smallest absolute Gasteiger partial charge is 0.296 e. The fourth-order valence-electron chi connectivity index (χ4n) is 1.15. The van der Waals surface area contributed by atoms with E-state index in [2.05, 4.69) is 0 Å². The molecule has 0 aromatic heterocycles. The minimum absolute atomic E-state index is 0.125. The van der Waals surface area contributed by atoms with E-state index >= 15 is 0 Å². The Morgan fingerprint density at radius 2 is 1.80 bits per heavy atom. The molecule has 0 spiro atoms. The standard InChI is InChI=1S/C8H10N2O4S/c1-4(11)5-2-3-6(15(12,13)14)8(10)7(5)9/h2-3H,9-10H2,1H3,(H,12,13,14). The van der Waals surface area contributed by atoms with Gasteiger partial charge in [0.05, 0.1) is 11.4 Å². The Labute approximate surface area is 86.6 Å². The molecule has 0 saturated heterocycles. The lowest BCUT2D eigenvalue weighted by molar-refractivity contribution is 0.101. The fraction of sp³-hybridized carbons (Fsp3) is 0.125. The molecule has 1 rings (SSSR count). The van der Waals surface area contributed by atoms with Gasteiger partial charge >= 0.3 is 0 Å². The second-order valence-electron chi connectivity index (χ2n) is 2.97. The van der Waals surface area contributed by atoms with Gasteiger partial charge in [-0.3, -0.25) is 9.35 Å². The van der Waals surface area contributed by atoms with Crippen molar-refractivity contribution in [3.63, 3.8) is 0 Å². The number of ketones is 1. The first-order chi connectivity index (χ1) is 6.75. The van der Waals surface area contributed by atoms with Crippen molar-refractivity contribution in [3.05, 3.63) is 17.7 Å². The number of anilines is 2. The number of rotatable bonds is 2. The van der Waals surface area contributed by atoms with Gasteiger partial charge < -0.3 is 11.5 Å². The highest BCUT2D eigenvalue weighted by Gasteiger charge is 2.18. The van der Waals surface area contributed by atoms with Crippen LogP contribution in [-0.2, 0) is 10.1 Å². The highest BCUT2D eigenvalue weighted by Crippen LogP contribution is 2.27. The van der Waals surface area contributed by atoms with Crippen LogP contribution in [0.1, 0.15) is 17.3 Å². The molecule has 82 valence electrons. The summed E-state index contributed by atoms with van der Waals surface area (Å²) in [7, 11) is -4.41. The lowest BCUT2D eigenvalue weighted by Gasteiger charge is -2.08. The van der Waals surface area contributed by atoms with E-state index < -0.39 is 15.0 Å². The molecule has 0 saturated carbocycles. The maximum Gasteiger partial charge on any atom is 0.296 e. The molecule has 1 aromatic carbocycles. The van der Waals surface area contributed by atoms with Crippen LogP contribution in [0.15, 0.2) is 17.0 Å². The number of hydrogen-bond donors (Lipinski definition) is 3. The molecule has 0 aliphatic rings. The molecule has 15 heavy (non-hydrogen) atoms. The average Bonchev–Trinajstić information content (AvgIpc) is 2.06. The zero-order valence-corrected chi connectivity index (χ0v) is 8.71. The van der Waals surface area contributed by atoms with E-state index in [1.165, 1.54) is 13.0 Å². The van der Waals surface area contributed by atoms with Gasteiger partial charge in [0.2, 0.25) is 0 Å². The van der Waals surface area contributed by atoms with Crippen molar-refractivity contribution in [2.75, 3.05) is 11.5 Å². The van der Waals surface area contributed by atoms with Crippen molar-refractivity contribution in [2.45, 2.75) is 11.8 Å². The summed E-state index contributed by atoms with van der Waals surface area (Å²) in [4.78, 5) is 10.5. The molecule has 0 unspecified atom stereocenters. The minimum Gasteiger partial charge on any atom is -0.396 e. The van der Waals surface area contributed by atoms with Gasteiger partial charge in [-0.15, -0.1) is 0 Å². The van der Waals surface area contributed by atoms with Crippen LogP contribution in [-0.4, -0.2) is 18.8 Å². The fourth-order valence-corrected chi connectivity index (χ4v) is 1.78. The van der Waals surface area contributed by atoms with E-state index in [0.29, 0.717) is 0 Å². The van der Waals surface area contributed by atoms with E-state index in [-0.39, 0.29) is 22.7 Å². The third-order valence-electron chi connectivity index (χ3n) is 1.90. The second-order valence-corrected chi connectivity index (χ2v) is 4.36. The van der Waals surface area contributed by atoms with Crippen LogP contribution in [0.5, 0.6) is 0 Å². The number of Topliss-reactive ketones (excluding diaryl/α,β-unsaturated/α-hetero) is 1. The number of carbonyl (C=O) groups is 1. The van der Waals surface area contributed by atoms with Crippen molar-refractivity contribution in [2.24, 2.45) is 0 Å². The molecule has 0 atom stereocenters. The Bertz CT molecular complexity index is 522. The molecule has 0 bridgehead atoms. The predicted molar refractivity (Wildman–Crippen MR) is 55.1 cm³/mol. The van der Waals surface area contributed by atoms with Gasteiger partial charge in [-0.05, 0) is 19.1 Å². The van der Waals surface area contributed by atoms with E-state index in [9.17, 15) is 13.2 Å². The zero-order chi connectivity index (χ0) is 11.8. The van der Waals surface area contributed by atoms with Gasteiger partial charge in [0.25, 0.3) is 10.1 Å². The van der Waals surface area contributed by atoms with E-state index in [1.807, 2.05) is 0 Å². The van der Waals surface area contributed by atoms with Gasteiger partial charge in [0, 0.05) is 5.56 Å². The van der Waals surface area contributed by atoms with Crippen molar-refractivity contribution in [1.29, 1.82) is 0 Å². The largest absolute Gasteiger partial charge is 0.396 e. The first kappa shape index (κ1) is 11.5. The Balaban J connectivity index is 3.55. The normalized spacial score (nSPS) is 11.3. The topological polar surface area (TPSA) is 123 Å². The highest BCUT2D eigenvalue weighted by molar-refractivity contribution is 7.86. The number of carbonyl (C=O) groups excluding carboxylic acids is 1. The first-order valence-corrected chi connectivity index (χ1v) is 5.35. The van der Waals surface area contributed by atoms with Crippen LogP contribution < -0.4 is 11.5 Å². The predicted octanol–water partition coefficient (Wildman–Crippen LogP) is 0.300. The van der Waals surface area contributed by atoms with E-state index in [1.54, 1.807) is 0 Å². The number of nitrogen functional groups attached to an aromatic ring is 2. The van der Waals surface area contributed by atoms with Gasteiger partial charge in [-0.2, -0.15) is 8.42 Å². The molecule has 0 amide bonds. The molecule has 0 radical (unpaired) electrons. The summed E-state index contributed by atoms with van der Waals surface area (Å²) >= 11 is 0. The SMILES string of the molecule is CC(=O)c1ccc(S(=O)(=O)O)c(N)c1N. The molecular weight excluding hydrogens is 220 g/mol. The first-order valence-electron chi connectivity index (χ1n) is 3.91. The lowest BCUT2D eigenvalue weighted by Crippen LogP contribution is -2.09. The summed E-state index contributed by atoms with van der Waals surface area (Å²) in [5, 5.41) is 0. The van der Waals surface area contributed by atoms with Crippen molar-refractivity contribution in [3.8, 4) is 0 Å². The Hall–Kier alpha value is -1.60. The van der Waals surface area contributed by atoms with Crippen LogP contribution in [0.3, 0.4) is 0 Å². The Morgan fingerprint density at radius 3 is 2.20 bits per heavy atom. The van der Waals surface area contributed by atoms with Gasteiger partial charge in [-0.1, -0.05) is 0 Å². The summed E-state index contributed by atoms with van der Waals surface area (Å²) in [5.74, 6) is -0.332. The van der Waals surface area contributed by atoms with Crippen molar-refractivity contribution >= 4 is 27.3 Å². The summed E-state index contributed by atoms with van der Waals surface area (Å²) in [6.07, 6.45) is 0. The molecule has 6 nitrogen and oxygen atoms in total. The zero-order valence-electron chi connectivity index (χ0n) is 7.89. The second kappa shape index (κ2) is 3.52. The molecule has 1 aromatic rings. The van der Waals surface area contributed by atoms with Crippen LogP contribution in [0.4, 0.5) is 11.4 Å². The Morgan fingerprint density at radius 1 is 1.27 bits per heavy atom. The van der Waals surface area contributed by atoms with Crippen LogP contribution in [0.2, 0.25) is 0 Å². The van der Waals surface area contributed by atoms with Crippen LogP contribution in [0, 0.1) is 0 Å². The lowest BCUT2D eigenvalue weighted by atomic mass is 10.1. The quantitative estimate of drug-likeness (QED) is 0.381. The average molecular weight is 230 g/mol. The van der Waals surface area contributed by atoms with Gasteiger partial charge in [0.1, 0.15) is 4.90 Å². The van der Waals surface area contributed by atoms with Gasteiger partial charge in [-0.25, -0.2) is 0 Å². The van der Waals surface area contributed by atoms with Crippen molar-refractivity contribution < 1.29 is 17.8 Å². The summed E-state index contributed by atoms with van der Waals surface area (Å²) < 4.78 is 30.4. The van der Waals surface area contributed by atoms with Crippen LogP contribution >= 0.6 is 0 Å². The molecule has 0 aliphatic carbocycles. The molecule has 0 fully saturated rings. The van der Waals surface area contributed by atoms with Crippen molar-refractivity contribution in [1.82, 2.24) is 0 Å². The maximum absolute atomic E-state index is 11.0. The van der Waals surface area contributed by atoms with Crippen LogP contribution in [0.25, 0.3) is 0 Å². The molecular formula is C8H10N2O4S. The molecule has 5 N–H and O–H groups in total. The number of benzene rings is 1. The minimum atomic E-state index is -4.41. The molecule has 7 heteroatoms. The monoisotopic (exact) mass is 230 g/mol. The third kappa shape index (κ3) is 2.08. The van der Waals surface area contributed by atoms with E-state index in [4.69, 9.17) is 16.0 Å². The third-order valence-corrected chi connectivity index (χ3v) is 2.82. The molecule has 0 aliphatic heterocycles. The summed E-state index contributed by atoms with van der Waals surface area (Å²) in [6.45, 7) is 1.28. The highest BCUT2D eigenvalue weighted by atomic mass is 32.2. The Kier molecular flexibility index (Phi) is 2.69. The summed E-state index contributed by atoms with van der Waals surface area (Å²) in [5.41, 5.74) is 10.5. The summed E-state index contributed by atoms with van der Waals surface area (Å²) in [6, 6.07) is 2.24. The number of nitrogens with two attached hydrogens (primary N) is 2. The maximum atomic E-state index is 11.0. The van der Waals surface area contributed by atoms with Gasteiger partial charge in [0.15, 0.2) is 5.78 Å². The molecule has 0 heterocycles. The number of hydrogen-bond acceptors (Lipinski definition) is 5.